The molecule has 152 valence electrons. The normalized spacial score (nSPS) is 15.4. The van der Waals surface area contributed by atoms with Crippen LogP contribution in [0.2, 0.25) is 0 Å². The molecule has 0 nitrogen and oxygen atoms in total. The number of hydrogen-bond donors (Lipinski definition) is 0. The van der Waals surface area contributed by atoms with Crippen LogP contribution in [0.25, 0.3) is 49.0 Å². The van der Waals surface area contributed by atoms with Gasteiger partial charge >= 0.3 is 0 Å². The smallest absolute Gasteiger partial charge is 0.00987 e. The largest absolute Gasteiger partial charge is 0.0836 e. The van der Waals surface area contributed by atoms with Gasteiger partial charge < -0.3 is 0 Å². The molecule has 2 aliphatic rings. The van der Waals surface area contributed by atoms with Crippen molar-refractivity contribution >= 4 is 37.9 Å². The number of rotatable bonds is 1. The van der Waals surface area contributed by atoms with Crippen LogP contribution >= 0.6 is 0 Å². The van der Waals surface area contributed by atoms with Crippen LogP contribution in [0, 0.1) is 0 Å². The molecule has 0 spiro atoms. The van der Waals surface area contributed by atoms with Crippen molar-refractivity contribution in [2.24, 2.45) is 0 Å². The molecule has 0 heteroatoms. The molecule has 0 saturated heterocycles. The molecule has 0 heterocycles. The maximum atomic E-state index is 2.38. The maximum Gasteiger partial charge on any atom is -0.00987 e. The summed E-state index contributed by atoms with van der Waals surface area (Å²) in [7, 11) is 0. The number of hydrogen-bond acceptors (Lipinski definition) is 0. The Morgan fingerprint density at radius 2 is 1.22 bits per heavy atom. The van der Waals surface area contributed by atoms with E-state index in [2.05, 4.69) is 97.1 Å². The SMILES string of the molecule is C1=CC2=C(CC1)CCc1c2ccc2c(-c3cccc4c3ccc3ccccc34)cccc12. The first kappa shape index (κ1) is 18.0. The molecule has 0 amide bonds. The fraction of sp³-hybridized carbons (Fsp3) is 0.125. The third-order valence-corrected chi connectivity index (χ3v) is 7.49. The van der Waals surface area contributed by atoms with Crippen LogP contribution in [0.3, 0.4) is 0 Å². The molecule has 7 rings (SSSR count). The number of aryl methyl sites for hydroxylation is 1. The Morgan fingerprint density at radius 1 is 0.469 bits per heavy atom. The van der Waals surface area contributed by atoms with E-state index in [4.69, 9.17) is 0 Å². The number of fused-ring (bicyclic) bond motifs is 7. The van der Waals surface area contributed by atoms with E-state index in [1.54, 1.807) is 5.57 Å². The lowest BCUT2D eigenvalue weighted by atomic mass is 9.79. The lowest BCUT2D eigenvalue weighted by Gasteiger charge is -2.26. The Balaban J connectivity index is 1.50. The summed E-state index contributed by atoms with van der Waals surface area (Å²) >= 11 is 0. The first-order chi connectivity index (χ1) is 15.9. The van der Waals surface area contributed by atoms with Crippen molar-refractivity contribution in [1.29, 1.82) is 0 Å². The minimum atomic E-state index is 1.16. The zero-order valence-corrected chi connectivity index (χ0v) is 18.1. The second-order valence-corrected chi connectivity index (χ2v) is 9.14. The summed E-state index contributed by atoms with van der Waals surface area (Å²) in [4.78, 5) is 0. The average Bonchev–Trinajstić information content (AvgIpc) is 2.87. The van der Waals surface area contributed by atoms with Gasteiger partial charge in [0.2, 0.25) is 0 Å². The van der Waals surface area contributed by atoms with Crippen LogP contribution in [-0.4, -0.2) is 0 Å². The summed E-state index contributed by atoms with van der Waals surface area (Å²) in [5.74, 6) is 0. The second kappa shape index (κ2) is 6.93. The van der Waals surface area contributed by atoms with Crippen LogP contribution in [0.15, 0.2) is 103 Å². The lowest BCUT2D eigenvalue weighted by Crippen LogP contribution is -2.07. The van der Waals surface area contributed by atoms with Crippen LogP contribution in [0.4, 0.5) is 0 Å². The highest BCUT2D eigenvalue weighted by atomic mass is 14.3. The molecule has 2 aliphatic carbocycles. The number of allylic oxidation sites excluding steroid dienone is 4. The molecule has 0 radical (unpaired) electrons. The Kier molecular flexibility index (Phi) is 3.90. The standard InChI is InChI=1S/C32H24/c1-3-9-23-21(7-1)15-17-30-25(23)11-5-12-26(30)27-13-6-14-28-31-18-16-22-8-2-4-10-24(22)29(31)19-20-32(27)28/h1,3-7,9-15,17,19-20H,2,8,16,18H2. The van der Waals surface area contributed by atoms with Gasteiger partial charge in [0.1, 0.15) is 0 Å². The fourth-order valence-corrected chi connectivity index (χ4v) is 5.98. The van der Waals surface area contributed by atoms with E-state index in [1.165, 1.54) is 79.4 Å². The molecule has 0 bridgehead atoms. The van der Waals surface area contributed by atoms with E-state index in [9.17, 15) is 0 Å². The van der Waals surface area contributed by atoms with Crippen molar-refractivity contribution in [3.8, 4) is 11.1 Å². The molecule has 0 aliphatic heterocycles. The van der Waals surface area contributed by atoms with Gasteiger partial charge in [0.25, 0.3) is 0 Å². The molecule has 0 fully saturated rings. The highest BCUT2D eigenvalue weighted by molar-refractivity contribution is 6.14. The van der Waals surface area contributed by atoms with Crippen molar-refractivity contribution in [2.75, 3.05) is 0 Å². The summed E-state index contributed by atoms with van der Waals surface area (Å²) < 4.78 is 0. The van der Waals surface area contributed by atoms with E-state index in [1.807, 2.05) is 0 Å². The molecular formula is C32H24. The van der Waals surface area contributed by atoms with Crippen molar-refractivity contribution < 1.29 is 0 Å². The highest BCUT2D eigenvalue weighted by Crippen LogP contribution is 2.43. The van der Waals surface area contributed by atoms with Gasteiger partial charge in [0.05, 0.1) is 0 Å². The lowest BCUT2D eigenvalue weighted by molar-refractivity contribution is 0.831. The van der Waals surface area contributed by atoms with E-state index in [0.29, 0.717) is 0 Å². The molecule has 0 aromatic heterocycles. The fourth-order valence-electron chi connectivity index (χ4n) is 5.98. The summed E-state index contributed by atoms with van der Waals surface area (Å²) in [5.41, 5.74) is 8.78. The van der Waals surface area contributed by atoms with Gasteiger partial charge in [-0.25, -0.2) is 0 Å². The Hall–Kier alpha value is -3.64. The third-order valence-electron chi connectivity index (χ3n) is 7.49. The third kappa shape index (κ3) is 2.56. The Bertz CT molecular complexity index is 1610. The highest BCUT2D eigenvalue weighted by Gasteiger charge is 2.21. The van der Waals surface area contributed by atoms with Gasteiger partial charge in [-0.05, 0) is 85.8 Å². The van der Waals surface area contributed by atoms with Gasteiger partial charge in [0, 0.05) is 0 Å². The Labute approximate surface area is 188 Å². The van der Waals surface area contributed by atoms with Crippen LogP contribution in [0.1, 0.15) is 30.4 Å². The average molecular weight is 409 g/mol. The quantitative estimate of drug-likeness (QED) is 0.243. The topological polar surface area (TPSA) is 0 Å². The molecule has 5 aromatic carbocycles. The maximum absolute atomic E-state index is 2.38. The van der Waals surface area contributed by atoms with Gasteiger partial charge in [0.15, 0.2) is 0 Å². The predicted octanol–water partition coefficient (Wildman–Crippen LogP) is 8.86. The summed E-state index contributed by atoms with van der Waals surface area (Å²) in [6, 6.07) is 31.6. The molecule has 5 aromatic rings. The van der Waals surface area contributed by atoms with E-state index in [-0.39, 0.29) is 0 Å². The van der Waals surface area contributed by atoms with E-state index < -0.39 is 0 Å². The minimum Gasteiger partial charge on any atom is -0.0836 e. The van der Waals surface area contributed by atoms with Crippen molar-refractivity contribution in [2.45, 2.75) is 25.7 Å². The second-order valence-electron chi connectivity index (χ2n) is 9.14. The monoisotopic (exact) mass is 408 g/mol. The van der Waals surface area contributed by atoms with E-state index >= 15 is 0 Å². The first-order valence-electron chi connectivity index (χ1n) is 11.7. The van der Waals surface area contributed by atoms with Crippen LogP contribution in [-0.2, 0) is 6.42 Å². The number of benzene rings is 5. The van der Waals surface area contributed by atoms with Crippen molar-refractivity contribution in [3.05, 3.63) is 114 Å². The molecule has 0 unspecified atom stereocenters. The zero-order valence-electron chi connectivity index (χ0n) is 18.1. The predicted molar refractivity (Wildman–Crippen MR) is 138 cm³/mol. The van der Waals surface area contributed by atoms with Crippen molar-refractivity contribution in [3.63, 3.8) is 0 Å². The first-order valence-corrected chi connectivity index (χ1v) is 11.7. The van der Waals surface area contributed by atoms with Gasteiger partial charge in [-0.2, -0.15) is 0 Å². The molecule has 0 atom stereocenters. The van der Waals surface area contributed by atoms with Gasteiger partial charge in [-0.15, -0.1) is 0 Å². The van der Waals surface area contributed by atoms with Crippen LogP contribution in [0.5, 0.6) is 0 Å². The summed E-state index contributed by atoms with van der Waals surface area (Å²) in [6.07, 6.45) is 9.49. The summed E-state index contributed by atoms with van der Waals surface area (Å²) in [5, 5.41) is 8.08. The van der Waals surface area contributed by atoms with Crippen molar-refractivity contribution in [1.82, 2.24) is 0 Å². The summed E-state index contributed by atoms with van der Waals surface area (Å²) in [6.45, 7) is 0. The molecule has 0 saturated carbocycles. The van der Waals surface area contributed by atoms with E-state index in [0.717, 1.165) is 6.42 Å². The van der Waals surface area contributed by atoms with Gasteiger partial charge in [-0.1, -0.05) is 103 Å². The molecule has 32 heavy (non-hydrogen) atoms. The zero-order chi connectivity index (χ0) is 21.1. The minimum absolute atomic E-state index is 1.16. The van der Waals surface area contributed by atoms with Gasteiger partial charge in [-0.3, -0.25) is 0 Å². The van der Waals surface area contributed by atoms with Crippen LogP contribution < -0.4 is 0 Å². The molecule has 0 N–H and O–H groups in total. The molecular weight excluding hydrogens is 384 g/mol. The Morgan fingerprint density at radius 3 is 2.12 bits per heavy atom.